The molecule has 164 valence electrons. The van der Waals surface area contributed by atoms with E-state index in [0.29, 0.717) is 24.3 Å². The zero-order valence-corrected chi connectivity index (χ0v) is 18.1. The van der Waals surface area contributed by atoms with E-state index < -0.39 is 5.54 Å². The highest BCUT2D eigenvalue weighted by molar-refractivity contribution is 6.02. The van der Waals surface area contributed by atoms with Crippen LogP contribution in [0.2, 0.25) is 0 Å². The maximum atomic E-state index is 13.5. The summed E-state index contributed by atoms with van der Waals surface area (Å²) in [7, 11) is 1.59. The molecule has 0 fully saturated rings. The van der Waals surface area contributed by atoms with Crippen molar-refractivity contribution in [1.29, 1.82) is 0 Å². The van der Waals surface area contributed by atoms with Crippen LogP contribution in [0.4, 0.5) is 4.39 Å². The predicted molar refractivity (Wildman–Crippen MR) is 120 cm³/mol. The van der Waals surface area contributed by atoms with Gasteiger partial charge in [0.15, 0.2) is 0 Å². The van der Waals surface area contributed by atoms with Crippen molar-refractivity contribution in [2.75, 3.05) is 7.11 Å². The van der Waals surface area contributed by atoms with E-state index in [1.54, 1.807) is 37.1 Å². The molecule has 0 saturated heterocycles. The number of nitrogens with one attached hydrogen (secondary N) is 1. The number of fused-ring (bicyclic) bond motifs is 1. The maximum Gasteiger partial charge on any atom is 0.255 e. The van der Waals surface area contributed by atoms with Crippen LogP contribution in [0.3, 0.4) is 0 Å². The van der Waals surface area contributed by atoms with E-state index in [4.69, 9.17) is 4.74 Å². The van der Waals surface area contributed by atoms with Gasteiger partial charge >= 0.3 is 0 Å². The van der Waals surface area contributed by atoms with Crippen molar-refractivity contribution in [1.82, 2.24) is 10.2 Å². The largest absolute Gasteiger partial charge is 0.497 e. The zero-order valence-electron chi connectivity index (χ0n) is 18.1. The molecule has 1 N–H and O–H groups in total. The molecular formula is C26H25FN2O3. The average Bonchev–Trinajstić information content (AvgIpc) is 2.81. The van der Waals surface area contributed by atoms with Gasteiger partial charge in [-0.05, 0) is 53.9 Å². The molecule has 5 nitrogen and oxygen atoms in total. The highest BCUT2D eigenvalue weighted by atomic mass is 19.1. The third kappa shape index (κ3) is 4.21. The van der Waals surface area contributed by atoms with Gasteiger partial charge in [0.05, 0.1) is 7.11 Å². The summed E-state index contributed by atoms with van der Waals surface area (Å²) >= 11 is 0. The normalized spacial score (nSPS) is 17.6. The molecule has 1 heterocycles. The molecule has 1 aliphatic rings. The Morgan fingerprint density at radius 2 is 1.81 bits per heavy atom. The van der Waals surface area contributed by atoms with E-state index in [1.165, 1.54) is 12.1 Å². The van der Waals surface area contributed by atoms with Gasteiger partial charge in [-0.15, -0.1) is 0 Å². The summed E-state index contributed by atoms with van der Waals surface area (Å²) < 4.78 is 18.6. The fraction of sp³-hybridized carbons (Fsp3) is 0.231. The summed E-state index contributed by atoms with van der Waals surface area (Å²) in [4.78, 5) is 28.5. The van der Waals surface area contributed by atoms with E-state index in [2.05, 4.69) is 5.32 Å². The number of benzene rings is 3. The molecule has 3 aromatic carbocycles. The number of rotatable bonds is 6. The lowest BCUT2D eigenvalue weighted by Gasteiger charge is -2.44. The first-order valence-corrected chi connectivity index (χ1v) is 10.5. The molecule has 0 spiro atoms. The van der Waals surface area contributed by atoms with Gasteiger partial charge in [-0.25, -0.2) is 4.39 Å². The number of hydrogen-bond donors (Lipinski definition) is 1. The second-order valence-electron chi connectivity index (χ2n) is 8.16. The van der Waals surface area contributed by atoms with Crippen LogP contribution >= 0.6 is 0 Å². The lowest BCUT2D eigenvalue weighted by atomic mass is 9.82. The van der Waals surface area contributed by atoms with Gasteiger partial charge in [0.25, 0.3) is 5.91 Å². The van der Waals surface area contributed by atoms with E-state index in [1.807, 2.05) is 42.5 Å². The van der Waals surface area contributed by atoms with Crippen LogP contribution in [0.25, 0.3) is 0 Å². The van der Waals surface area contributed by atoms with Gasteiger partial charge in [-0.3, -0.25) is 9.59 Å². The fourth-order valence-corrected chi connectivity index (χ4v) is 4.10. The van der Waals surface area contributed by atoms with Crippen LogP contribution in [0.15, 0.2) is 72.8 Å². The van der Waals surface area contributed by atoms with E-state index in [-0.39, 0.29) is 24.2 Å². The first-order valence-electron chi connectivity index (χ1n) is 10.5. The second kappa shape index (κ2) is 8.83. The number of ether oxygens (including phenoxy) is 1. The number of hydrogen-bond acceptors (Lipinski definition) is 3. The number of halogens is 1. The van der Waals surface area contributed by atoms with E-state index >= 15 is 0 Å². The molecule has 0 aromatic heterocycles. The van der Waals surface area contributed by atoms with Gasteiger partial charge in [-0.2, -0.15) is 0 Å². The van der Waals surface area contributed by atoms with Crippen LogP contribution in [0.1, 0.15) is 34.0 Å². The standard InChI is InChI=1S/C26H25FN2O3/c1-26(25(31)28-16-19-6-5-8-22(14-19)32-2)15-20-7-3-4-9-23(20)24(30)29(26)17-18-10-12-21(27)13-11-18/h3-14H,15-17H2,1-2H3,(H,28,31)/t26-/m0/s1. The molecule has 0 saturated carbocycles. The molecule has 0 radical (unpaired) electrons. The summed E-state index contributed by atoms with van der Waals surface area (Å²) in [5, 5.41) is 2.99. The highest BCUT2D eigenvalue weighted by Crippen LogP contribution is 2.33. The van der Waals surface area contributed by atoms with Crippen LogP contribution in [-0.2, 0) is 24.3 Å². The van der Waals surface area contributed by atoms with Crippen LogP contribution in [0.5, 0.6) is 5.75 Å². The third-order valence-electron chi connectivity index (χ3n) is 5.95. The first kappa shape index (κ1) is 21.6. The molecule has 1 atom stereocenters. The molecule has 2 amide bonds. The van der Waals surface area contributed by atoms with Crippen LogP contribution in [-0.4, -0.2) is 29.4 Å². The van der Waals surface area contributed by atoms with Crippen molar-refractivity contribution in [2.45, 2.75) is 32.0 Å². The van der Waals surface area contributed by atoms with Crippen molar-refractivity contribution < 1.29 is 18.7 Å². The second-order valence-corrected chi connectivity index (χ2v) is 8.16. The average molecular weight is 432 g/mol. The smallest absolute Gasteiger partial charge is 0.255 e. The minimum absolute atomic E-state index is 0.205. The Hall–Kier alpha value is -3.67. The summed E-state index contributed by atoms with van der Waals surface area (Å²) in [5.74, 6) is -0.0916. The number of amides is 2. The van der Waals surface area contributed by atoms with Gasteiger partial charge in [0.2, 0.25) is 5.91 Å². The lowest BCUT2D eigenvalue weighted by Crippen LogP contribution is -2.62. The maximum absolute atomic E-state index is 13.5. The SMILES string of the molecule is COc1cccc(CNC(=O)[C@]2(C)Cc3ccccc3C(=O)N2Cc2ccc(F)cc2)c1. The fourth-order valence-electron chi connectivity index (χ4n) is 4.10. The van der Waals surface area contributed by atoms with Crippen LogP contribution < -0.4 is 10.1 Å². The molecule has 0 unspecified atom stereocenters. The summed E-state index contributed by atoms with van der Waals surface area (Å²) in [6.45, 7) is 2.30. The Labute approximate surface area is 186 Å². The Kier molecular flexibility index (Phi) is 5.95. The van der Waals surface area contributed by atoms with E-state index in [9.17, 15) is 14.0 Å². The topological polar surface area (TPSA) is 58.6 Å². The zero-order chi connectivity index (χ0) is 22.7. The number of carbonyl (C=O) groups excluding carboxylic acids is 2. The minimum Gasteiger partial charge on any atom is -0.497 e. The van der Waals surface area contributed by atoms with Gasteiger partial charge < -0.3 is 15.0 Å². The Morgan fingerprint density at radius 1 is 1.06 bits per heavy atom. The van der Waals surface area contributed by atoms with Gasteiger partial charge in [-0.1, -0.05) is 42.5 Å². The Morgan fingerprint density at radius 3 is 2.56 bits per heavy atom. The number of carbonyl (C=O) groups is 2. The number of methoxy groups -OCH3 is 1. The molecule has 6 heteroatoms. The molecule has 0 bridgehead atoms. The molecule has 1 aliphatic heterocycles. The molecular weight excluding hydrogens is 407 g/mol. The summed E-state index contributed by atoms with van der Waals surface area (Å²) in [6.07, 6.45) is 0.389. The Balaban J connectivity index is 1.62. The predicted octanol–water partition coefficient (Wildman–Crippen LogP) is 4.11. The van der Waals surface area contributed by atoms with Crippen molar-refractivity contribution in [3.8, 4) is 5.75 Å². The van der Waals surface area contributed by atoms with Crippen molar-refractivity contribution in [3.05, 3.63) is 101 Å². The molecule has 4 rings (SSSR count). The monoisotopic (exact) mass is 432 g/mol. The lowest BCUT2D eigenvalue weighted by molar-refractivity contribution is -0.132. The third-order valence-corrected chi connectivity index (χ3v) is 5.95. The number of nitrogens with zero attached hydrogens (tertiary/aromatic N) is 1. The van der Waals surface area contributed by atoms with Crippen molar-refractivity contribution in [2.24, 2.45) is 0 Å². The molecule has 3 aromatic rings. The molecule has 0 aliphatic carbocycles. The van der Waals surface area contributed by atoms with Gasteiger partial charge in [0, 0.05) is 25.1 Å². The first-order chi connectivity index (χ1) is 15.4. The van der Waals surface area contributed by atoms with Crippen molar-refractivity contribution >= 4 is 11.8 Å². The highest BCUT2D eigenvalue weighted by Gasteiger charge is 2.46. The quantitative estimate of drug-likeness (QED) is 0.638. The summed E-state index contributed by atoms with van der Waals surface area (Å²) in [5.41, 5.74) is 1.98. The minimum atomic E-state index is -1.10. The molecule has 32 heavy (non-hydrogen) atoms. The van der Waals surface area contributed by atoms with Crippen molar-refractivity contribution in [3.63, 3.8) is 0 Å². The van der Waals surface area contributed by atoms with Crippen LogP contribution in [0, 0.1) is 5.82 Å². The van der Waals surface area contributed by atoms with Gasteiger partial charge in [0.1, 0.15) is 17.1 Å². The van der Waals surface area contributed by atoms with E-state index in [0.717, 1.165) is 16.7 Å². The Bertz CT molecular complexity index is 1150. The summed E-state index contributed by atoms with van der Waals surface area (Å²) in [6, 6.07) is 20.8.